The third-order valence-corrected chi connectivity index (χ3v) is 4.75. The molecule has 110 valence electrons. The number of thiazole rings is 1. The Kier molecular flexibility index (Phi) is 3.88. The number of rotatable bonds is 6. The minimum absolute atomic E-state index is 0.133. The highest BCUT2D eigenvalue weighted by Crippen LogP contribution is 2.38. The van der Waals surface area contributed by atoms with Crippen molar-refractivity contribution in [3.05, 3.63) is 29.3 Å². The first-order chi connectivity index (χ1) is 10.1. The number of aliphatic carboxylic acids is 1. The molecule has 2 atom stereocenters. The summed E-state index contributed by atoms with van der Waals surface area (Å²) in [6, 6.07) is 8.02. The molecule has 1 aromatic carbocycles. The zero-order valence-corrected chi connectivity index (χ0v) is 12.2. The van der Waals surface area contributed by atoms with Gasteiger partial charge in [-0.25, -0.2) is 4.98 Å². The summed E-state index contributed by atoms with van der Waals surface area (Å²) in [5.74, 6) is -1.81. The van der Waals surface area contributed by atoms with E-state index < -0.39 is 11.9 Å². The van der Waals surface area contributed by atoms with Crippen molar-refractivity contribution in [2.45, 2.75) is 19.3 Å². The van der Waals surface area contributed by atoms with E-state index in [9.17, 15) is 9.59 Å². The number of fused-ring (bicyclic) bond motifs is 1. The first-order valence-electron chi connectivity index (χ1n) is 7.00. The van der Waals surface area contributed by atoms with Crippen molar-refractivity contribution in [3.63, 3.8) is 0 Å². The van der Waals surface area contributed by atoms with Crippen LogP contribution in [0.1, 0.15) is 17.8 Å². The van der Waals surface area contributed by atoms with Gasteiger partial charge in [-0.1, -0.05) is 12.1 Å². The molecule has 0 radical (unpaired) electrons. The zero-order chi connectivity index (χ0) is 14.8. The van der Waals surface area contributed by atoms with Crippen LogP contribution in [0, 0.1) is 11.8 Å². The normalized spacial score (nSPS) is 20.4. The van der Waals surface area contributed by atoms with Crippen LogP contribution in [-0.2, 0) is 16.0 Å². The van der Waals surface area contributed by atoms with Crippen molar-refractivity contribution >= 4 is 33.4 Å². The van der Waals surface area contributed by atoms with E-state index >= 15 is 0 Å². The van der Waals surface area contributed by atoms with Crippen molar-refractivity contribution in [2.75, 3.05) is 6.54 Å². The van der Waals surface area contributed by atoms with Gasteiger partial charge in [-0.15, -0.1) is 11.3 Å². The molecule has 2 aromatic rings. The molecular weight excluding hydrogens is 288 g/mol. The molecule has 6 heteroatoms. The summed E-state index contributed by atoms with van der Waals surface area (Å²) >= 11 is 1.68. The second-order valence-corrected chi connectivity index (χ2v) is 6.37. The quantitative estimate of drug-likeness (QED) is 0.801. The lowest BCUT2D eigenvalue weighted by Crippen LogP contribution is -2.27. The van der Waals surface area contributed by atoms with E-state index in [1.54, 1.807) is 11.3 Å². The fourth-order valence-electron chi connectivity index (χ4n) is 2.37. The maximum atomic E-state index is 11.7. The molecule has 1 aromatic heterocycles. The van der Waals surface area contributed by atoms with Gasteiger partial charge in [-0.05, 0) is 25.0 Å². The number of aromatic nitrogens is 1. The number of amides is 1. The number of carbonyl (C=O) groups is 2. The van der Waals surface area contributed by atoms with E-state index in [0.717, 1.165) is 23.4 Å². The molecule has 0 spiro atoms. The third kappa shape index (κ3) is 3.21. The molecule has 2 N–H and O–H groups in total. The van der Waals surface area contributed by atoms with Crippen LogP contribution in [0.2, 0.25) is 0 Å². The number of nitrogens with one attached hydrogen (secondary N) is 1. The van der Waals surface area contributed by atoms with Gasteiger partial charge in [0.05, 0.1) is 27.1 Å². The summed E-state index contributed by atoms with van der Waals surface area (Å²) in [4.78, 5) is 26.9. The number of nitrogens with zero attached hydrogens (tertiary/aromatic N) is 1. The average molecular weight is 304 g/mol. The van der Waals surface area contributed by atoms with Crippen molar-refractivity contribution in [3.8, 4) is 0 Å². The van der Waals surface area contributed by atoms with Gasteiger partial charge in [-0.3, -0.25) is 9.59 Å². The Morgan fingerprint density at radius 2 is 2.14 bits per heavy atom. The molecule has 1 heterocycles. The number of carboxylic acid groups (broad SMARTS) is 1. The SMILES string of the molecule is O=C(O)[C@@H]1C[C@H]1C(=O)NCCCc1nc2ccccc2s1. The van der Waals surface area contributed by atoms with Crippen LogP contribution in [0.25, 0.3) is 10.2 Å². The Bertz CT molecular complexity index is 649. The van der Waals surface area contributed by atoms with E-state index in [2.05, 4.69) is 16.4 Å². The minimum Gasteiger partial charge on any atom is -0.481 e. The van der Waals surface area contributed by atoms with Gasteiger partial charge in [0.1, 0.15) is 0 Å². The molecule has 0 unspecified atom stereocenters. The topological polar surface area (TPSA) is 79.3 Å². The van der Waals surface area contributed by atoms with Gasteiger partial charge < -0.3 is 10.4 Å². The van der Waals surface area contributed by atoms with E-state index in [0.29, 0.717) is 13.0 Å². The third-order valence-electron chi connectivity index (χ3n) is 3.65. The molecule has 0 bridgehead atoms. The van der Waals surface area contributed by atoms with Crippen LogP contribution in [-0.4, -0.2) is 28.5 Å². The highest BCUT2D eigenvalue weighted by molar-refractivity contribution is 7.18. The molecule has 0 aliphatic heterocycles. The second-order valence-electron chi connectivity index (χ2n) is 5.26. The fourth-order valence-corrected chi connectivity index (χ4v) is 3.38. The number of hydrogen-bond acceptors (Lipinski definition) is 4. The summed E-state index contributed by atoms with van der Waals surface area (Å²) in [5.41, 5.74) is 1.02. The van der Waals surface area contributed by atoms with Crippen LogP contribution < -0.4 is 5.32 Å². The number of carbonyl (C=O) groups excluding carboxylic acids is 1. The van der Waals surface area contributed by atoms with E-state index in [-0.39, 0.29) is 11.8 Å². The van der Waals surface area contributed by atoms with Gasteiger partial charge in [0.25, 0.3) is 0 Å². The van der Waals surface area contributed by atoms with Crippen LogP contribution in [0.3, 0.4) is 0 Å². The summed E-state index contributed by atoms with van der Waals surface area (Å²) in [6.07, 6.45) is 2.11. The van der Waals surface area contributed by atoms with Crippen molar-refractivity contribution in [1.82, 2.24) is 10.3 Å². The highest BCUT2D eigenvalue weighted by Gasteiger charge is 2.48. The van der Waals surface area contributed by atoms with Gasteiger partial charge in [0, 0.05) is 13.0 Å². The first-order valence-corrected chi connectivity index (χ1v) is 7.82. The maximum absolute atomic E-state index is 11.7. The highest BCUT2D eigenvalue weighted by atomic mass is 32.1. The van der Waals surface area contributed by atoms with Crippen molar-refractivity contribution < 1.29 is 14.7 Å². The largest absolute Gasteiger partial charge is 0.481 e. The molecule has 21 heavy (non-hydrogen) atoms. The van der Waals surface area contributed by atoms with Crippen molar-refractivity contribution in [2.24, 2.45) is 11.8 Å². The summed E-state index contributed by atoms with van der Waals surface area (Å²) in [5, 5.41) is 12.7. The lowest BCUT2D eigenvalue weighted by molar-refractivity contribution is -0.140. The van der Waals surface area contributed by atoms with Gasteiger partial charge in [0.2, 0.25) is 5.91 Å². The van der Waals surface area contributed by atoms with Crippen molar-refractivity contribution in [1.29, 1.82) is 0 Å². The number of aryl methyl sites for hydroxylation is 1. The van der Waals surface area contributed by atoms with Gasteiger partial charge in [-0.2, -0.15) is 0 Å². The van der Waals surface area contributed by atoms with Gasteiger partial charge in [0.15, 0.2) is 0 Å². The van der Waals surface area contributed by atoms with E-state index in [4.69, 9.17) is 5.11 Å². The van der Waals surface area contributed by atoms with E-state index in [1.807, 2.05) is 18.2 Å². The smallest absolute Gasteiger partial charge is 0.307 e. The fraction of sp³-hybridized carbons (Fsp3) is 0.400. The monoisotopic (exact) mass is 304 g/mol. The molecule has 0 saturated heterocycles. The van der Waals surface area contributed by atoms with Crippen LogP contribution in [0.15, 0.2) is 24.3 Å². The predicted molar refractivity (Wildman–Crippen MR) is 80.2 cm³/mol. The summed E-state index contributed by atoms with van der Waals surface area (Å²) in [6.45, 7) is 0.567. The first kappa shape index (κ1) is 14.0. The number of hydrogen-bond donors (Lipinski definition) is 2. The molecule has 1 aliphatic rings. The van der Waals surface area contributed by atoms with Crippen LogP contribution in [0.4, 0.5) is 0 Å². The zero-order valence-electron chi connectivity index (χ0n) is 11.4. The van der Waals surface area contributed by atoms with Crippen LogP contribution in [0.5, 0.6) is 0 Å². The second kappa shape index (κ2) is 5.81. The Labute approximate surface area is 126 Å². The number of carboxylic acids is 1. The molecule has 5 nitrogen and oxygen atoms in total. The van der Waals surface area contributed by atoms with Crippen LogP contribution >= 0.6 is 11.3 Å². The predicted octanol–water partition coefficient (Wildman–Crippen LogP) is 2.07. The average Bonchev–Trinajstić information content (AvgIpc) is 3.17. The Hall–Kier alpha value is -1.95. The molecule has 1 aliphatic carbocycles. The summed E-state index contributed by atoms with van der Waals surface area (Å²) in [7, 11) is 0. The number of benzene rings is 1. The molecule has 1 amide bonds. The Balaban J connectivity index is 1.42. The minimum atomic E-state index is -0.871. The molecule has 1 saturated carbocycles. The lowest BCUT2D eigenvalue weighted by atomic mass is 10.2. The molecular formula is C15H16N2O3S. The lowest BCUT2D eigenvalue weighted by Gasteiger charge is -2.02. The van der Waals surface area contributed by atoms with Gasteiger partial charge >= 0.3 is 5.97 Å². The number of para-hydroxylation sites is 1. The standard InChI is InChI=1S/C15H16N2O3S/c18-14(9-8-10(9)15(19)20)16-7-3-6-13-17-11-4-1-2-5-12(11)21-13/h1-2,4-5,9-10H,3,6-8H2,(H,16,18)(H,19,20)/t9-,10-/m1/s1. The Morgan fingerprint density at radius 3 is 2.86 bits per heavy atom. The van der Waals surface area contributed by atoms with E-state index in [1.165, 1.54) is 4.70 Å². The summed E-state index contributed by atoms with van der Waals surface area (Å²) < 4.78 is 1.18. The Morgan fingerprint density at radius 1 is 1.33 bits per heavy atom. The molecule has 3 rings (SSSR count). The maximum Gasteiger partial charge on any atom is 0.307 e. The molecule has 1 fully saturated rings.